The molecule has 8 heteroatoms. The predicted molar refractivity (Wildman–Crippen MR) is 97.9 cm³/mol. The predicted octanol–water partition coefficient (Wildman–Crippen LogP) is 1.97. The van der Waals surface area contributed by atoms with Crippen molar-refractivity contribution in [2.24, 2.45) is 14.1 Å². The average molecular weight is 374 g/mol. The fourth-order valence-electron chi connectivity index (χ4n) is 3.27. The molecule has 1 aliphatic heterocycles. The summed E-state index contributed by atoms with van der Waals surface area (Å²) in [6, 6.07) is 0. The van der Waals surface area contributed by atoms with Crippen LogP contribution in [0.5, 0.6) is 0 Å². The van der Waals surface area contributed by atoms with Crippen LogP contribution in [0.2, 0.25) is 0 Å². The van der Waals surface area contributed by atoms with Crippen molar-refractivity contribution >= 4 is 11.6 Å². The first-order chi connectivity index (χ1) is 12.4. The Morgan fingerprint density at radius 1 is 0.815 bits per heavy atom. The number of ether oxygens (including phenoxy) is 2. The third-order valence-electron chi connectivity index (χ3n) is 5.29. The Bertz CT molecular complexity index is 864. The van der Waals surface area contributed by atoms with Crippen LogP contribution in [-0.4, -0.2) is 48.7 Å². The lowest BCUT2D eigenvalue weighted by molar-refractivity contribution is -0.139. The van der Waals surface area contributed by atoms with Gasteiger partial charge in [-0.15, -0.1) is 0 Å². The van der Waals surface area contributed by atoms with Gasteiger partial charge in [-0.3, -0.25) is 9.59 Å². The molecule has 0 unspecified atom stereocenters. The van der Waals surface area contributed by atoms with Crippen molar-refractivity contribution in [2.45, 2.75) is 59.5 Å². The van der Waals surface area contributed by atoms with E-state index in [-0.39, 0.29) is 23.2 Å². The van der Waals surface area contributed by atoms with E-state index in [0.29, 0.717) is 0 Å². The largest absolute Gasteiger partial charge is 0.336 e. The van der Waals surface area contributed by atoms with Gasteiger partial charge < -0.3 is 18.6 Å². The second-order valence-corrected chi connectivity index (χ2v) is 7.54. The smallest absolute Gasteiger partial charge is 0.230 e. The summed E-state index contributed by atoms with van der Waals surface area (Å²) in [5.74, 6) is -1.31. The molecular weight excluding hydrogens is 348 g/mol. The number of carbonyl (C=O) groups is 2. The van der Waals surface area contributed by atoms with Crippen molar-refractivity contribution < 1.29 is 19.1 Å². The fourth-order valence-corrected chi connectivity index (χ4v) is 3.27. The molecule has 0 spiro atoms. The topological polar surface area (TPSA) is 88.2 Å². The molecule has 0 bridgehead atoms. The Hall–Kier alpha value is -2.32. The fraction of sp³-hybridized carbons (Fsp3) is 0.579. The highest BCUT2D eigenvalue weighted by Crippen LogP contribution is 2.32. The minimum absolute atomic E-state index is 0.251. The molecule has 27 heavy (non-hydrogen) atoms. The van der Waals surface area contributed by atoms with Crippen molar-refractivity contribution in [1.29, 1.82) is 0 Å². The molecule has 3 rings (SSSR count). The summed E-state index contributed by atoms with van der Waals surface area (Å²) >= 11 is 0. The van der Waals surface area contributed by atoms with Crippen LogP contribution in [0, 0.1) is 27.7 Å². The normalized spacial score (nSPS) is 21.6. The van der Waals surface area contributed by atoms with E-state index in [1.54, 1.807) is 37.1 Å². The van der Waals surface area contributed by atoms with E-state index in [2.05, 4.69) is 9.97 Å². The molecule has 0 aromatic carbocycles. The number of Topliss-reactive ketones (excluding diaryl/α,β-unsaturated/α-hetero) is 2. The summed E-state index contributed by atoms with van der Waals surface area (Å²) in [6.07, 6.45) is -2.16. The summed E-state index contributed by atoms with van der Waals surface area (Å²) < 4.78 is 15.1. The van der Waals surface area contributed by atoms with Gasteiger partial charge in [-0.05, 0) is 41.5 Å². The second-order valence-electron chi connectivity index (χ2n) is 7.54. The number of hydrogen-bond donors (Lipinski definition) is 0. The van der Waals surface area contributed by atoms with Crippen LogP contribution in [0.25, 0.3) is 0 Å². The molecule has 2 aromatic heterocycles. The average Bonchev–Trinajstić information content (AvgIpc) is 3.16. The highest BCUT2D eigenvalue weighted by atomic mass is 16.8. The van der Waals surface area contributed by atoms with Gasteiger partial charge in [-0.2, -0.15) is 0 Å². The van der Waals surface area contributed by atoms with Gasteiger partial charge in [0.15, 0.2) is 29.6 Å². The second kappa shape index (κ2) is 6.38. The zero-order valence-corrected chi connectivity index (χ0v) is 17.1. The zero-order chi connectivity index (χ0) is 20.3. The summed E-state index contributed by atoms with van der Waals surface area (Å²) in [5, 5.41) is 0. The van der Waals surface area contributed by atoms with Gasteiger partial charge in [0.1, 0.15) is 0 Å². The number of carbonyl (C=O) groups excluding carboxylic acids is 2. The van der Waals surface area contributed by atoms with Crippen LogP contribution in [0.4, 0.5) is 0 Å². The summed E-state index contributed by atoms with van der Waals surface area (Å²) in [5.41, 5.74) is 3.29. The SMILES string of the molecule is Cc1nc(C(=O)[C@@H]2OC(C)(C)O[C@H]2C(=O)c2nc(C)c(C)n2C)n(C)c1C. The molecule has 1 fully saturated rings. The van der Waals surface area contributed by atoms with Gasteiger partial charge in [0.25, 0.3) is 0 Å². The molecule has 0 radical (unpaired) electrons. The Kier molecular flexibility index (Phi) is 4.60. The number of hydrogen-bond acceptors (Lipinski definition) is 6. The van der Waals surface area contributed by atoms with E-state index in [0.717, 1.165) is 22.8 Å². The van der Waals surface area contributed by atoms with Crippen LogP contribution in [0.1, 0.15) is 57.9 Å². The highest BCUT2D eigenvalue weighted by Gasteiger charge is 2.50. The number of nitrogens with zero attached hydrogens (tertiary/aromatic N) is 4. The first-order valence-corrected chi connectivity index (χ1v) is 8.88. The molecule has 0 amide bonds. The lowest BCUT2D eigenvalue weighted by Gasteiger charge is -2.16. The van der Waals surface area contributed by atoms with Crippen LogP contribution < -0.4 is 0 Å². The third kappa shape index (κ3) is 3.12. The Balaban J connectivity index is 2.00. The number of rotatable bonds is 4. The monoisotopic (exact) mass is 374 g/mol. The van der Waals surface area contributed by atoms with E-state index in [1.165, 1.54) is 0 Å². The summed E-state index contributed by atoms with van der Waals surface area (Å²) in [7, 11) is 3.54. The van der Waals surface area contributed by atoms with Gasteiger partial charge in [0, 0.05) is 25.5 Å². The number of ketones is 2. The van der Waals surface area contributed by atoms with Gasteiger partial charge in [-0.25, -0.2) is 9.97 Å². The maximum atomic E-state index is 13.2. The van der Waals surface area contributed by atoms with E-state index in [1.807, 2.05) is 27.7 Å². The van der Waals surface area contributed by atoms with Crippen LogP contribution >= 0.6 is 0 Å². The Labute approximate surface area is 158 Å². The minimum atomic E-state index is -1.08. The van der Waals surface area contributed by atoms with Crippen LogP contribution in [0.3, 0.4) is 0 Å². The Morgan fingerprint density at radius 3 is 1.41 bits per heavy atom. The standard InChI is InChI=1S/C19H26N4O4/c1-9-11(3)22(7)17(20-9)13(24)15-16(27-19(5,6)26-15)14(25)18-21-10(2)12(4)23(18)8/h15-16H,1-8H3/t15-,16-/m0/s1. The first kappa shape index (κ1) is 19.4. The molecule has 2 atom stereocenters. The lowest BCUT2D eigenvalue weighted by Crippen LogP contribution is -2.39. The van der Waals surface area contributed by atoms with E-state index < -0.39 is 18.0 Å². The maximum absolute atomic E-state index is 13.2. The third-order valence-corrected chi connectivity index (χ3v) is 5.29. The van der Waals surface area contributed by atoms with Crippen molar-refractivity contribution in [2.75, 3.05) is 0 Å². The summed E-state index contributed by atoms with van der Waals surface area (Å²) in [4.78, 5) is 35.0. The van der Waals surface area contributed by atoms with Gasteiger partial charge in [-0.1, -0.05) is 0 Å². The first-order valence-electron chi connectivity index (χ1n) is 8.88. The number of aryl methyl sites for hydroxylation is 2. The van der Waals surface area contributed by atoms with Crippen molar-refractivity contribution in [3.8, 4) is 0 Å². The molecule has 0 aliphatic carbocycles. The molecule has 2 aromatic rings. The van der Waals surface area contributed by atoms with Crippen molar-refractivity contribution in [1.82, 2.24) is 19.1 Å². The quantitative estimate of drug-likeness (QED) is 0.761. The molecule has 0 saturated carbocycles. The van der Waals surface area contributed by atoms with E-state index in [4.69, 9.17) is 9.47 Å². The molecule has 1 aliphatic rings. The molecular formula is C19H26N4O4. The number of imidazole rings is 2. The molecule has 1 saturated heterocycles. The molecule has 8 nitrogen and oxygen atoms in total. The van der Waals surface area contributed by atoms with E-state index >= 15 is 0 Å². The number of aromatic nitrogens is 4. The zero-order valence-electron chi connectivity index (χ0n) is 17.1. The van der Waals surface area contributed by atoms with Gasteiger partial charge in [0.2, 0.25) is 11.6 Å². The Morgan fingerprint density at radius 2 is 1.15 bits per heavy atom. The highest BCUT2D eigenvalue weighted by molar-refractivity contribution is 6.05. The van der Waals surface area contributed by atoms with Crippen molar-refractivity contribution in [3.05, 3.63) is 34.4 Å². The molecule has 146 valence electrons. The van der Waals surface area contributed by atoms with Crippen LogP contribution in [-0.2, 0) is 23.6 Å². The lowest BCUT2D eigenvalue weighted by atomic mass is 10.0. The van der Waals surface area contributed by atoms with Gasteiger partial charge in [0.05, 0.1) is 11.4 Å². The summed E-state index contributed by atoms with van der Waals surface area (Å²) in [6.45, 7) is 10.8. The minimum Gasteiger partial charge on any atom is -0.336 e. The van der Waals surface area contributed by atoms with Crippen molar-refractivity contribution in [3.63, 3.8) is 0 Å². The van der Waals surface area contributed by atoms with Gasteiger partial charge >= 0.3 is 0 Å². The van der Waals surface area contributed by atoms with E-state index in [9.17, 15) is 9.59 Å². The molecule has 3 heterocycles. The van der Waals surface area contributed by atoms with Crippen LogP contribution in [0.15, 0.2) is 0 Å². The maximum Gasteiger partial charge on any atom is 0.230 e. The molecule has 0 N–H and O–H groups in total.